The van der Waals surface area contributed by atoms with Gasteiger partial charge in [0.1, 0.15) is 0 Å². The number of urea groups is 1. The third-order valence-electron chi connectivity index (χ3n) is 2.60. The summed E-state index contributed by atoms with van der Waals surface area (Å²) >= 11 is 0. The van der Waals surface area contributed by atoms with Crippen LogP contribution in [0.3, 0.4) is 0 Å². The number of hydrogen-bond acceptors (Lipinski definition) is 2. The Morgan fingerprint density at radius 3 is 2.86 bits per heavy atom. The standard InChI is InChI=1S/C10H21N3O/c1-3-6-12-10(14)13(4-2)9-5-7-11-8-9/h9,11H,3-8H2,1-2H3,(H,12,14). The van der Waals surface area contributed by atoms with Crippen molar-refractivity contribution in [3.63, 3.8) is 0 Å². The molecule has 4 heteroatoms. The Morgan fingerprint density at radius 2 is 2.36 bits per heavy atom. The lowest BCUT2D eigenvalue weighted by Crippen LogP contribution is -2.47. The maximum absolute atomic E-state index is 11.7. The lowest BCUT2D eigenvalue weighted by atomic mass is 10.2. The summed E-state index contributed by atoms with van der Waals surface area (Å²) < 4.78 is 0. The quantitative estimate of drug-likeness (QED) is 0.703. The van der Waals surface area contributed by atoms with E-state index in [0.29, 0.717) is 6.04 Å². The van der Waals surface area contributed by atoms with E-state index in [1.54, 1.807) is 0 Å². The molecule has 2 amide bonds. The van der Waals surface area contributed by atoms with Gasteiger partial charge in [0.2, 0.25) is 0 Å². The third-order valence-corrected chi connectivity index (χ3v) is 2.60. The molecule has 2 N–H and O–H groups in total. The monoisotopic (exact) mass is 199 g/mol. The van der Waals surface area contributed by atoms with E-state index in [0.717, 1.165) is 39.0 Å². The molecule has 0 radical (unpaired) electrons. The van der Waals surface area contributed by atoms with E-state index >= 15 is 0 Å². The van der Waals surface area contributed by atoms with E-state index in [-0.39, 0.29) is 6.03 Å². The van der Waals surface area contributed by atoms with Crippen molar-refractivity contribution in [1.29, 1.82) is 0 Å². The van der Waals surface area contributed by atoms with Gasteiger partial charge < -0.3 is 15.5 Å². The van der Waals surface area contributed by atoms with Crippen molar-refractivity contribution in [2.75, 3.05) is 26.2 Å². The maximum Gasteiger partial charge on any atom is 0.317 e. The molecule has 82 valence electrons. The van der Waals surface area contributed by atoms with Crippen LogP contribution in [0.4, 0.5) is 4.79 Å². The highest BCUT2D eigenvalue weighted by molar-refractivity contribution is 5.74. The van der Waals surface area contributed by atoms with Crippen molar-refractivity contribution >= 4 is 6.03 Å². The Balaban J connectivity index is 2.39. The summed E-state index contributed by atoms with van der Waals surface area (Å²) in [6, 6.07) is 0.472. The maximum atomic E-state index is 11.7. The average Bonchev–Trinajstić information content (AvgIpc) is 2.69. The minimum absolute atomic E-state index is 0.0862. The summed E-state index contributed by atoms with van der Waals surface area (Å²) in [6.45, 7) is 7.63. The van der Waals surface area contributed by atoms with Crippen molar-refractivity contribution in [3.8, 4) is 0 Å². The van der Waals surface area contributed by atoms with Crippen LogP contribution in [0, 0.1) is 0 Å². The first-order valence-electron chi connectivity index (χ1n) is 5.54. The van der Waals surface area contributed by atoms with Gasteiger partial charge in [-0.15, -0.1) is 0 Å². The molecule has 1 saturated heterocycles. The Hall–Kier alpha value is -0.770. The zero-order chi connectivity index (χ0) is 10.4. The van der Waals surface area contributed by atoms with Gasteiger partial charge in [-0.25, -0.2) is 4.79 Å². The summed E-state index contributed by atoms with van der Waals surface area (Å²) in [5.74, 6) is 0. The van der Waals surface area contributed by atoms with Crippen molar-refractivity contribution < 1.29 is 4.79 Å². The average molecular weight is 199 g/mol. The molecule has 4 nitrogen and oxygen atoms in total. The SMILES string of the molecule is CCCNC(=O)N(CC)C1CCNC1. The summed E-state index contributed by atoms with van der Waals surface area (Å²) in [4.78, 5) is 13.6. The van der Waals surface area contributed by atoms with Gasteiger partial charge in [0.15, 0.2) is 0 Å². The molecule has 1 unspecified atom stereocenters. The molecule has 14 heavy (non-hydrogen) atoms. The van der Waals surface area contributed by atoms with Gasteiger partial charge >= 0.3 is 6.03 Å². The molecule has 1 heterocycles. The van der Waals surface area contributed by atoms with E-state index in [1.165, 1.54) is 0 Å². The molecule has 0 bridgehead atoms. The van der Waals surface area contributed by atoms with Crippen molar-refractivity contribution in [2.45, 2.75) is 32.7 Å². The van der Waals surface area contributed by atoms with E-state index < -0.39 is 0 Å². The van der Waals surface area contributed by atoms with Crippen LogP contribution in [0.5, 0.6) is 0 Å². The number of hydrogen-bond donors (Lipinski definition) is 2. The fraction of sp³-hybridized carbons (Fsp3) is 0.900. The van der Waals surface area contributed by atoms with Crippen LogP contribution in [0.1, 0.15) is 26.7 Å². The van der Waals surface area contributed by atoms with Crippen molar-refractivity contribution in [2.24, 2.45) is 0 Å². The van der Waals surface area contributed by atoms with E-state index in [2.05, 4.69) is 17.6 Å². The molecule has 1 aliphatic rings. The third kappa shape index (κ3) is 2.87. The fourth-order valence-corrected chi connectivity index (χ4v) is 1.81. The number of rotatable bonds is 4. The highest BCUT2D eigenvalue weighted by atomic mass is 16.2. The highest BCUT2D eigenvalue weighted by Gasteiger charge is 2.24. The molecule has 1 atom stereocenters. The van der Waals surface area contributed by atoms with Crippen LogP contribution in [0.2, 0.25) is 0 Å². The molecule has 1 fully saturated rings. The van der Waals surface area contributed by atoms with Crippen LogP contribution in [-0.2, 0) is 0 Å². The Bertz CT molecular complexity index is 178. The van der Waals surface area contributed by atoms with Gasteiger partial charge in [0, 0.05) is 25.7 Å². The number of carbonyl (C=O) groups is 1. The Labute approximate surface area is 86.0 Å². The van der Waals surface area contributed by atoms with Crippen molar-refractivity contribution in [3.05, 3.63) is 0 Å². The zero-order valence-corrected chi connectivity index (χ0v) is 9.18. The first kappa shape index (κ1) is 11.3. The Kier molecular flexibility index (Phi) is 4.73. The van der Waals surface area contributed by atoms with Gasteiger partial charge in [0.25, 0.3) is 0 Å². The van der Waals surface area contributed by atoms with Gasteiger partial charge in [-0.2, -0.15) is 0 Å². The molecule has 1 rings (SSSR count). The van der Waals surface area contributed by atoms with Crippen LogP contribution >= 0.6 is 0 Å². The van der Waals surface area contributed by atoms with Gasteiger partial charge in [-0.3, -0.25) is 0 Å². The van der Waals surface area contributed by atoms with E-state index in [9.17, 15) is 4.79 Å². The van der Waals surface area contributed by atoms with E-state index in [1.807, 2.05) is 11.8 Å². The Morgan fingerprint density at radius 1 is 1.57 bits per heavy atom. The minimum Gasteiger partial charge on any atom is -0.338 e. The lowest BCUT2D eigenvalue weighted by Gasteiger charge is -2.27. The smallest absolute Gasteiger partial charge is 0.317 e. The predicted octanol–water partition coefficient (Wildman–Crippen LogP) is 0.790. The number of nitrogens with zero attached hydrogens (tertiary/aromatic N) is 1. The molecule has 0 aromatic carbocycles. The van der Waals surface area contributed by atoms with Crippen LogP contribution in [0.25, 0.3) is 0 Å². The van der Waals surface area contributed by atoms with Crippen LogP contribution < -0.4 is 10.6 Å². The number of amides is 2. The molecular weight excluding hydrogens is 178 g/mol. The number of likely N-dealkylation sites (N-methyl/N-ethyl adjacent to an activating group) is 1. The van der Waals surface area contributed by atoms with E-state index in [4.69, 9.17) is 0 Å². The summed E-state index contributed by atoms with van der Waals surface area (Å²) in [7, 11) is 0. The second kappa shape index (κ2) is 5.86. The van der Waals surface area contributed by atoms with Crippen LogP contribution in [-0.4, -0.2) is 43.2 Å². The second-order valence-corrected chi connectivity index (χ2v) is 3.66. The van der Waals surface area contributed by atoms with Crippen LogP contribution in [0.15, 0.2) is 0 Å². The van der Waals surface area contributed by atoms with Crippen molar-refractivity contribution in [1.82, 2.24) is 15.5 Å². The highest BCUT2D eigenvalue weighted by Crippen LogP contribution is 2.07. The predicted molar refractivity (Wildman–Crippen MR) is 57.3 cm³/mol. The fourth-order valence-electron chi connectivity index (χ4n) is 1.81. The molecule has 0 aliphatic carbocycles. The molecule has 0 spiro atoms. The molecule has 0 aromatic heterocycles. The van der Waals surface area contributed by atoms with Gasteiger partial charge in [0.05, 0.1) is 0 Å². The molecule has 1 aliphatic heterocycles. The first-order valence-corrected chi connectivity index (χ1v) is 5.54. The second-order valence-electron chi connectivity index (χ2n) is 3.66. The topological polar surface area (TPSA) is 44.4 Å². The first-order chi connectivity index (χ1) is 6.79. The van der Waals surface area contributed by atoms with Gasteiger partial charge in [-0.05, 0) is 26.3 Å². The number of carbonyl (C=O) groups excluding carboxylic acids is 1. The largest absolute Gasteiger partial charge is 0.338 e. The molecule has 0 aromatic rings. The summed E-state index contributed by atoms with van der Waals surface area (Å²) in [5, 5.41) is 6.20. The van der Waals surface area contributed by atoms with Gasteiger partial charge in [-0.1, -0.05) is 6.92 Å². The lowest BCUT2D eigenvalue weighted by molar-refractivity contribution is 0.182. The minimum atomic E-state index is 0.0862. The molecular formula is C10H21N3O. The zero-order valence-electron chi connectivity index (χ0n) is 9.18. The summed E-state index contributed by atoms with van der Waals surface area (Å²) in [5.41, 5.74) is 0. The summed E-state index contributed by atoms with van der Waals surface area (Å²) in [6.07, 6.45) is 2.07. The normalized spacial score (nSPS) is 20.9. The molecule has 0 saturated carbocycles. The number of nitrogens with one attached hydrogen (secondary N) is 2.